The first-order chi connectivity index (χ1) is 7.74. The van der Waals surface area contributed by atoms with Crippen LogP contribution in [0.1, 0.15) is 16.7 Å². The molecule has 1 N–H and O–H groups in total. The van der Waals surface area contributed by atoms with E-state index >= 15 is 0 Å². The number of rotatable bonds is 2. The summed E-state index contributed by atoms with van der Waals surface area (Å²) in [5, 5.41) is 9.04. The van der Waals surface area contributed by atoms with E-state index in [1.165, 1.54) is 5.56 Å². The molecule has 1 aromatic carbocycles. The Morgan fingerprint density at radius 1 is 1.44 bits per heavy atom. The second-order valence-corrected chi connectivity index (χ2v) is 4.23. The number of carbonyl (C=O) groups excluding carboxylic acids is 1. The van der Waals surface area contributed by atoms with Gasteiger partial charge in [0, 0.05) is 13.1 Å². The number of nitrogens with zero attached hydrogens (tertiary/aromatic N) is 1. The highest BCUT2D eigenvalue weighted by Crippen LogP contribution is 2.20. The maximum Gasteiger partial charge on any atom is 0.237 e. The number of hydrogen-bond donors (Lipinski definition) is 1. The summed E-state index contributed by atoms with van der Waals surface area (Å²) in [6.45, 7) is 1.41. The largest absolute Gasteiger partial charge is 0.392 e. The van der Waals surface area contributed by atoms with E-state index in [-0.39, 0.29) is 18.4 Å². The van der Waals surface area contributed by atoms with Crippen molar-refractivity contribution < 1.29 is 9.90 Å². The third-order valence-corrected chi connectivity index (χ3v) is 3.16. The van der Waals surface area contributed by atoms with Crippen molar-refractivity contribution in [1.29, 1.82) is 0 Å². The maximum atomic E-state index is 11.5. The van der Waals surface area contributed by atoms with Crippen LogP contribution in [0.3, 0.4) is 0 Å². The Balaban J connectivity index is 2.18. The molecule has 3 nitrogen and oxygen atoms in total. The van der Waals surface area contributed by atoms with Gasteiger partial charge in [-0.15, -0.1) is 11.6 Å². The molecule has 4 heteroatoms. The lowest BCUT2D eigenvalue weighted by molar-refractivity contribution is -0.129. The topological polar surface area (TPSA) is 40.5 Å². The van der Waals surface area contributed by atoms with Gasteiger partial charge in [0.1, 0.15) is 5.88 Å². The molecule has 0 saturated carbocycles. The highest BCUT2D eigenvalue weighted by Gasteiger charge is 2.19. The summed E-state index contributed by atoms with van der Waals surface area (Å²) in [4.78, 5) is 13.2. The zero-order valence-corrected chi connectivity index (χ0v) is 9.70. The second kappa shape index (κ2) is 4.85. The van der Waals surface area contributed by atoms with Crippen molar-refractivity contribution in [3.8, 4) is 0 Å². The average Bonchev–Trinajstić information content (AvgIpc) is 2.36. The zero-order chi connectivity index (χ0) is 11.5. The molecule has 0 aromatic heterocycles. The van der Waals surface area contributed by atoms with Crippen LogP contribution in [-0.4, -0.2) is 28.3 Å². The number of amides is 1. The minimum Gasteiger partial charge on any atom is -0.392 e. The normalized spacial score (nSPS) is 14.8. The minimum absolute atomic E-state index is 0.0152. The fraction of sp³-hybridized carbons (Fsp3) is 0.417. The van der Waals surface area contributed by atoms with Crippen LogP contribution >= 0.6 is 11.6 Å². The van der Waals surface area contributed by atoms with E-state index in [1.807, 2.05) is 18.2 Å². The predicted octanol–water partition coefficient (Wildman–Crippen LogP) is 1.30. The molecule has 86 valence electrons. The van der Waals surface area contributed by atoms with E-state index in [0.29, 0.717) is 13.1 Å². The molecule has 1 amide bonds. The van der Waals surface area contributed by atoms with Crippen molar-refractivity contribution in [2.24, 2.45) is 0 Å². The van der Waals surface area contributed by atoms with Gasteiger partial charge in [0.2, 0.25) is 5.91 Å². The SMILES string of the molecule is O=C(CCl)N1CCc2cc(CO)ccc2C1. The Bertz CT molecular complexity index is 406. The van der Waals surface area contributed by atoms with E-state index in [9.17, 15) is 4.79 Å². The van der Waals surface area contributed by atoms with Crippen molar-refractivity contribution in [3.63, 3.8) is 0 Å². The number of fused-ring (bicyclic) bond motifs is 1. The maximum absolute atomic E-state index is 11.5. The number of alkyl halides is 1. The molecule has 0 spiro atoms. The van der Waals surface area contributed by atoms with Crippen molar-refractivity contribution in [3.05, 3.63) is 34.9 Å². The van der Waals surface area contributed by atoms with Gasteiger partial charge in [-0.1, -0.05) is 18.2 Å². The molecule has 1 aromatic rings. The van der Waals surface area contributed by atoms with Crippen LogP contribution < -0.4 is 0 Å². The Morgan fingerprint density at radius 2 is 2.25 bits per heavy atom. The summed E-state index contributed by atoms with van der Waals surface area (Å²) in [5.74, 6) is 0.0305. The zero-order valence-electron chi connectivity index (χ0n) is 8.95. The molecule has 0 saturated heterocycles. The van der Waals surface area contributed by atoms with E-state index in [1.54, 1.807) is 4.90 Å². The van der Waals surface area contributed by atoms with Crippen molar-refractivity contribution in [2.75, 3.05) is 12.4 Å². The predicted molar refractivity (Wildman–Crippen MR) is 62.2 cm³/mol. The van der Waals surface area contributed by atoms with Crippen LogP contribution in [0.2, 0.25) is 0 Å². The van der Waals surface area contributed by atoms with Gasteiger partial charge in [-0.25, -0.2) is 0 Å². The first-order valence-corrected chi connectivity index (χ1v) is 5.83. The van der Waals surface area contributed by atoms with Gasteiger partial charge in [-0.3, -0.25) is 4.79 Å². The highest BCUT2D eigenvalue weighted by molar-refractivity contribution is 6.27. The van der Waals surface area contributed by atoms with Crippen LogP contribution in [0.25, 0.3) is 0 Å². The summed E-state index contributed by atoms with van der Waals surface area (Å²) in [5.41, 5.74) is 3.31. The summed E-state index contributed by atoms with van der Waals surface area (Å²) in [6.07, 6.45) is 0.839. The Hall–Kier alpha value is -1.06. The first-order valence-electron chi connectivity index (χ1n) is 5.30. The molecule has 1 aliphatic heterocycles. The lowest BCUT2D eigenvalue weighted by Gasteiger charge is -2.28. The fourth-order valence-electron chi connectivity index (χ4n) is 2.00. The number of benzene rings is 1. The third kappa shape index (κ3) is 2.20. The number of aliphatic hydroxyl groups is 1. The lowest BCUT2D eigenvalue weighted by Crippen LogP contribution is -2.36. The van der Waals surface area contributed by atoms with Gasteiger partial charge in [0.15, 0.2) is 0 Å². The standard InChI is InChI=1S/C12H14ClNO2/c13-6-12(16)14-4-3-10-5-9(8-15)1-2-11(10)7-14/h1-2,5,15H,3-4,6-8H2. The molecule has 1 heterocycles. The highest BCUT2D eigenvalue weighted by atomic mass is 35.5. The lowest BCUT2D eigenvalue weighted by atomic mass is 9.97. The smallest absolute Gasteiger partial charge is 0.237 e. The number of carbonyl (C=O) groups is 1. The molecule has 0 unspecified atom stereocenters. The van der Waals surface area contributed by atoms with Gasteiger partial charge >= 0.3 is 0 Å². The van der Waals surface area contributed by atoms with Gasteiger partial charge in [0.25, 0.3) is 0 Å². The quantitative estimate of drug-likeness (QED) is 0.791. The fourth-order valence-corrected chi connectivity index (χ4v) is 2.17. The van der Waals surface area contributed by atoms with E-state index in [2.05, 4.69) is 0 Å². The van der Waals surface area contributed by atoms with Gasteiger partial charge in [-0.2, -0.15) is 0 Å². The van der Waals surface area contributed by atoms with Crippen molar-refractivity contribution >= 4 is 17.5 Å². The monoisotopic (exact) mass is 239 g/mol. The first kappa shape index (κ1) is 11.4. The van der Waals surface area contributed by atoms with Crippen LogP contribution in [-0.2, 0) is 24.4 Å². The molecule has 0 fully saturated rings. The second-order valence-electron chi connectivity index (χ2n) is 3.96. The summed E-state index contributed by atoms with van der Waals surface area (Å²) >= 11 is 5.54. The molecule has 16 heavy (non-hydrogen) atoms. The van der Waals surface area contributed by atoms with Crippen LogP contribution in [0.15, 0.2) is 18.2 Å². The van der Waals surface area contributed by atoms with Crippen LogP contribution in [0, 0.1) is 0 Å². The number of halogens is 1. The van der Waals surface area contributed by atoms with E-state index < -0.39 is 0 Å². The van der Waals surface area contributed by atoms with Crippen molar-refractivity contribution in [2.45, 2.75) is 19.6 Å². The van der Waals surface area contributed by atoms with Crippen LogP contribution in [0.4, 0.5) is 0 Å². The van der Waals surface area contributed by atoms with E-state index in [0.717, 1.165) is 17.5 Å². The molecule has 0 aliphatic carbocycles. The van der Waals surface area contributed by atoms with Crippen molar-refractivity contribution in [1.82, 2.24) is 4.90 Å². The van der Waals surface area contributed by atoms with Gasteiger partial charge in [0.05, 0.1) is 6.61 Å². The summed E-state index contributed by atoms with van der Waals surface area (Å²) < 4.78 is 0. The molecular formula is C12H14ClNO2. The molecule has 1 aliphatic rings. The Labute approximate surface area is 99.6 Å². The molecule has 0 atom stereocenters. The third-order valence-electron chi connectivity index (χ3n) is 2.93. The van der Waals surface area contributed by atoms with Gasteiger partial charge < -0.3 is 10.0 Å². The number of aliphatic hydroxyl groups excluding tert-OH is 1. The number of hydrogen-bond acceptors (Lipinski definition) is 2. The molecule has 0 bridgehead atoms. The Kier molecular flexibility index (Phi) is 3.46. The van der Waals surface area contributed by atoms with Gasteiger partial charge in [-0.05, 0) is 23.1 Å². The molecule has 0 radical (unpaired) electrons. The summed E-state index contributed by atoms with van der Waals surface area (Å²) in [6, 6.07) is 5.89. The molecule has 2 rings (SSSR count). The van der Waals surface area contributed by atoms with Crippen LogP contribution in [0.5, 0.6) is 0 Å². The summed E-state index contributed by atoms with van der Waals surface area (Å²) in [7, 11) is 0. The Morgan fingerprint density at radius 3 is 2.94 bits per heavy atom. The van der Waals surface area contributed by atoms with E-state index in [4.69, 9.17) is 16.7 Å². The average molecular weight is 240 g/mol. The molecular weight excluding hydrogens is 226 g/mol. The minimum atomic E-state index is -0.0152.